The van der Waals surface area contributed by atoms with Gasteiger partial charge in [0.2, 0.25) is 0 Å². The van der Waals surface area contributed by atoms with Gasteiger partial charge in [0.25, 0.3) is 0 Å². The maximum absolute atomic E-state index is 5.65. The smallest absolute Gasteiger partial charge is 0.138 e. The molecule has 0 bridgehead atoms. The molecule has 4 heteroatoms. The zero-order valence-corrected chi connectivity index (χ0v) is 37.2. The van der Waals surface area contributed by atoms with Crippen molar-refractivity contribution in [3.8, 4) is 28.2 Å². The summed E-state index contributed by atoms with van der Waals surface area (Å²) in [4.78, 5) is 10.7. The van der Waals surface area contributed by atoms with Crippen molar-refractivity contribution >= 4 is 55.9 Å². The highest BCUT2D eigenvalue weighted by atomic mass is 15.2. The summed E-state index contributed by atoms with van der Waals surface area (Å²) in [5, 5.41) is 2.65. The van der Waals surface area contributed by atoms with Crippen molar-refractivity contribution in [2.45, 2.75) is 51.4 Å². The van der Waals surface area contributed by atoms with Crippen molar-refractivity contribution in [2.24, 2.45) is 0 Å². The molecule has 13 rings (SSSR count). The summed E-state index contributed by atoms with van der Waals surface area (Å²) in [6, 6.07) is 71.8. The van der Waals surface area contributed by atoms with Crippen LogP contribution in [0, 0.1) is 0 Å². The van der Waals surface area contributed by atoms with Gasteiger partial charge in [0, 0.05) is 38.5 Å². The maximum Gasteiger partial charge on any atom is 0.138 e. The minimum Gasteiger partial charge on any atom is -0.310 e. The largest absolute Gasteiger partial charge is 0.310 e. The second-order valence-electron chi connectivity index (χ2n) is 19.2. The molecule has 4 nitrogen and oxygen atoms in total. The van der Waals surface area contributed by atoms with Gasteiger partial charge in [0.1, 0.15) is 5.82 Å². The van der Waals surface area contributed by atoms with Gasteiger partial charge in [-0.2, -0.15) is 0 Å². The molecule has 0 unspecified atom stereocenters. The summed E-state index contributed by atoms with van der Waals surface area (Å²) < 4.78 is 2.49. The number of hydrogen-bond donors (Lipinski definition) is 0. The zero-order valence-electron chi connectivity index (χ0n) is 37.2. The van der Waals surface area contributed by atoms with Crippen molar-refractivity contribution in [3.63, 3.8) is 0 Å². The molecule has 0 atom stereocenters. The lowest BCUT2D eigenvalue weighted by molar-refractivity contribution is 0.631. The van der Waals surface area contributed by atoms with Crippen molar-refractivity contribution < 1.29 is 0 Å². The van der Waals surface area contributed by atoms with E-state index in [0.717, 1.165) is 41.0 Å². The fourth-order valence-corrected chi connectivity index (χ4v) is 11.6. The second-order valence-corrected chi connectivity index (χ2v) is 19.2. The third kappa shape index (κ3) is 5.53. The molecule has 312 valence electrons. The van der Waals surface area contributed by atoms with Gasteiger partial charge in [-0.15, -0.1) is 0 Å². The fourth-order valence-electron chi connectivity index (χ4n) is 11.6. The first-order chi connectivity index (χ1) is 31.8. The molecule has 0 saturated heterocycles. The van der Waals surface area contributed by atoms with Crippen LogP contribution in [0.3, 0.4) is 0 Å². The number of rotatable bonds is 5. The number of benzene rings is 8. The Kier molecular flexibility index (Phi) is 8.09. The van der Waals surface area contributed by atoms with E-state index in [4.69, 9.17) is 4.98 Å². The van der Waals surface area contributed by atoms with E-state index < -0.39 is 0 Å². The van der Waals surface area contributed by atoms with Crippen LogP contribution in [-0.2, 0) is 23.7 Å². The summed E-state index contributed by atoms with van der Waals surface area (Å²) in [5.41, 5.74) is 21.7. The molecule has 0 N–H and O–H groups in total. The first kappa shape index (κ1) is 37.8. The van der Waals surface area contributed by atoms with Gasteiger partial charge in [-0.3, -0.25) is 4.57 Å². The van der Waals surface area contributed by atoms with Gasteiger partial charge in [0.15, 0.2) is 0 Å². The second kappa shape index (κ2) is 13.9. The Bertz CT molecular complexity index is 3230. The fraction of sp³-hybridized carbons (Fsp3) is 0.131. The Balaban J connectivity index is 1.14. The monoisotopic (exact) mass is 836 g/mol. The molecule has 0 amide bonds. The van der Waals surface area contributed by atoms with E-state index in [-0.39, 0.29) is 10.8 Å². The Morgan fingerprint density at radius 2 is 0.769 bits per heavy atom. The quantitative estimate of drug-likeness (QED) is 0.173. The first-order valence-corrected chi connectivity index (χ1v) is 23.0. The normalized spacial score (nSPS) is 15.1. The standard InChI is InChI=1S/C61H48N4/c1-60(2)46-23-11-15-27-51(46)63(52-28-16-12-24-47(52)60)44-33-41-31-32-42-34-45(64-53-29-17-13-25-48(53)61(3,4)49-26-14-18-30-54(49)64)38-56-59(42)58(41)55(37-44)65(56)57-36-43(39-19-7-5-8-20-39)35-50(62-57)40-21-9-6-10-22-40/h5-30,33-38H,31-32H2,1-4H3. The summed E-state index contributed by atoms with van der Waals surface area (Å²) in [6.07, 6.45) is 1.88. The number of para-hydroxylation sites is 4. The summed E-state index contributed by atoms with van der Waals surface area (Å²) in [5.74, 6) is 0.902. The van der Waals surface area contributed by atoms with Crippen LogP contribution < -0.4 is 9.80 Å². The Morgan fingerprint density at radius 3 is 1.20 bits per heavy atom. The lowest BCUT2D eigenvalue weighted by atomic mass is 9.73. The Labute approximate surface area is 380 Å². The lowest BCUT2D eigenvalue weighted by Crippen LogP contribution is -2.30. The number of aromatic nitrogens is 2. The van der Waals surface area contributed by atoms with Crippen molar-refractivity contribution in [3.05, 3.63) is 228 Å². The van der Waals surface area contributed by atoms with Crippen LogP contribution >= 0.6 is 0 Å². The van der Waals surface area contributed by atoms with Crippen molar-refractivity contribution in [1.29, 1.82) is 0 Å². The molecule has 2 aliphatic heterocycles. The molecular weight excluding hydrogens is 789 g/mol. The van der Waals surface area contributed by atoms with E-state index in [0.29, 0.717) is 0 Å². The molecule has 8 aromatic carbocycles. The predicted octanol–water partition coefficient (Wildman–Crippen LogP) is 15.8. The lowest BCUT2D eigenvalue weighted by Gasteiger charge is -2.42. The molecule has 10 aromatic rings. The number of fused-ring (bicyclic) bond motifs is 4. The number of pyridine rings is 1. The number of aryl methyl sites for hydroxylation is 2. The highest BCUT2D eigenvalue weighted by Gasteiger charge is 2.39. The van der Waals surface area contributed by atoms with Crippen LogP contribution in [0.1, 0.15) is 61.1 Å². The minimum atomic E-state index is -0.154. The summed E-state index contributed by atoms with van der Waals surface area (Å²) >= 11 is 0. The average Bonchev–Trinajstić information content (AvgIpc) is 3.68. The SMILES string of the molecule is CC1(C)c2ccccc2N(c2cc3c4c5c(cc(N6c7ccccc7C(C)(C)c7ccccc76)cc5n(-c5cc(-c6ccccc6)cc(-c6ccccc6)n5)c4c2)CC3)c2ccccc21. The average molecular weight is 837 g/mol. The molecular formula is C61H48N4. The molecule has 65 heavy (non-hydrogen) atoms. The van der Waals surface area contributed by atoms with Crippen LogP contribution in [0.2, 0.25) is 0 Å². The Hall–Kier alpha value is -7.69. The molecule has 1 aliphatic carbocycles. The van der Waals surface area contributed by atoms with E-state index >= 15 is 0 Å². The van der Waals surface area contributed by atoms with E-state index in [1.165, 1.54) is 89.3 Å². The van der Waals surface area contributed by atoms with Gasteiger partial charge in [-0.1, -0.05) is 161 Å². The highest BCUT2D eigenvalue weighted by molar-refractivity contribution is 6.15. The molecule has 4 heterocycles. The van der Waals surface area contributed by atoms with Crippen LogP contribution in [0.5, 0.6) is 0 Å². The van der Waals surface area contributed by atoms with Crippen LogP contribution in [0.4, 0.5) is 34.1 Å². The molecule has 0 saturated carbocycles. The van der Waals surface area contributed by atoms with E-state index in [1.807, 2.05) is 0 Å². The predicted molar refractivity (Wildman–Crippen MR) is 270 cm³/mol. The Morgan fingerprint density at radius 1 is 0.385 bits per heavy atom. The molecule has 3 aliphatic rings. The van der Waals surface area contributed by atoms with Crippen molar-refractivity contribution in [1.82, 2.24) is 9.55 Å². The molecule has 2 aromatic heterocycles. The minimum absolute atomic E-state index is 0.154. The van der Waals surface area contributed by atoms with Crippen LogP contribution in [0.15, 0.2) is 194 Å². The van der Waals surface area contributed by atoms with Crippen LogP contribution in [0.25, 0.3) is 50.0 Å². The van der Waals surface area contributed by atoms with Gasteiger partial charge in [-0.05, 0) is 118 Å². The molecule has 0 spiro atoms. The highest BCUT2D eigenvalue weighted by Crippen LogP contribution is 2.55. The molecule has 0 fully saturated rings. The van der Waals surface area contributed by atoms with E-state index in [1.54, 1.807) is 0 Å². The maximum atomic E-state index is 5.65. The van der Waals surface area contributed by atoms with E-state index in [9.17, 15) is 0 Å². The van der Waals surface area contributed by atoms with Crippen LogP contribution in [-0.4, -0.2) is 9.55 Å². The third-order valence-corrected chi connectivity index (χ3v) is 14.8. The van der Waals surface area contributed by atoms with Gasteiger partial charge in [0.05, 0.1) is 39.5 Å². The summed E-state index contributed by atoms with van der Waals surface area (Å²) in [6.45, 7) is 9.45. The van der Waals surface area contributed by atoms with Gasteiger partial charge >= 0.3 is 0 Å². The van der Waals surface area contributed by atoms with Gasteiger partial charge in [-0.25, -0.2) is 4.98 Å². The van der Waals surface area contributed by atoms with Crippen molar-refractivity contribution in [2.75, 3.05) is 9.80 Å². The van der Waals surface area contributed by atoms with Gasteiger partial charge < -0.3 is 9.80 Å². The number of hydrogen-bond acceptors (Lipinski definition) is 3. The first-order valence-electron chi connectivity index (χ1n) is 23.0. The van der Waals surface area contributed by atoms with E-state index in [2.05, 4.69) is 236 Å². The zero-order chi connectivity index (χ0) is 43.6. The molecule has 0 radical (unpaired) electrons. The summed E-state index contributed by atoms with van der Waals surface area (Å²) in [7, 11) is 0. The topological polar surface area (TPSA) is 24.3 Å². The third-order valence-electron chi connectivity index (χ3n) is 14.8. The number of anilines is 6. The number of nitrogens with zero attached hydrogens (tertiary/aromatic N) is 4.